The molecule has 1 atom stereocenters. The van der Waals surface area contributed by atoms with Gasteiger partial charge in [0.15, 0.2) is 0 Å². The fourth-order valence-corrected chi connectivity index (χ4v) is 2.37. The smallest absolute Gasteiger partial charge is 0.139 e. The monoisotopic (exact) mass is 240 g/mol. The zero-order valence-corrected chi connectivity index (χ0v) is 12.1. The molecule has 0 radical (unpaired) electrons. The molecule has 1 unspecified atom stereocenters. The van der Waals surface area contributed by atoms with Crippen LogP contribution in [0.2, 0.25) is 0 Å². The largest absolute Gasteiger partial charge is 0.305 e. The Labute approximate surface area is 106 Å². The van der Waals surface area contributed by atoms with Crippen LogP contribution in [-0.2, 0) is 4.79 Å². The highest BCUT2D eigenvalue weighted by Crippen LogP contribution is 2.18. The first-order valence-electron chi connectivity index (χ1n) is 6.76. The summed E-state index contributed by atoms with van der Waals surface area (Å²) in [5.41, 5.74) is -0.189. The van der Waals surface area contributed by atoms with Gasteiger partial charge in [0, 0.05) is 31.0 Å². The number of Topliss-reactive ketones (excluding diaryl/α,β-unsaturated/α-hetero) is 1. The Kier molecular flexibility index (Phi) is 5.14. The molecule has 100 valence electrons. The summed E-state index contributed by atoms with van der Waals surface area (Å²) in [6.45, 7) is 12.6. The van der Waals surface area contributed by atoms with E-state index in [0.717, 1.165) is 19.6 Å². The van der Waals surface area contributed by atoms with Gasteiger partial charge in [0.25, 0.3) is 0 Å². The Balaban J connectivity index is 2.43. The van der Waals surface area contributed by atoms with Crippen molar-refractivity contribution in [3.63, 3.8) is 0 Å². The van der Waals surface area contributed by atoms with Gasteiger partial charge in [-0.25, -0.2) is 0 Å². The van der Waals surface area contributed by atoms with Gasteiger partial charge in [0.05, 0.1) is 0 Å². The Morgan fingerprint density at radius 2 is 1.94 bits per heavy atom. The highest BCUT2D eigenvalue weighted by Gasteiger charge is 2.24. The maximum atomic E-state index is 11.9. The number of likely N-dealkylation sites (N-methyl/N-ethyl adjacent to an activating group) is 1. The predicted octanol–water partition coefficient (Wildman–Crippen LogP) is 2.02. The van der Waals surface area contributed by atoms with Gasteiger partial charge in [-0.3, -0.25) is 9.69 Å². The van der Waals surface area contributed by atoms with E-state index < -0.39 is 0 Å². The summed E-state index contributed by atoms with van der Waals surface area (Å²) in [4.78, 5) is 16.8. The number of rotatable bonds is 3. The van der Waals surface area contributed by atoms with Crippen molar-refractivity contribution in [3.8, 4) is 0 Å². The summed E-state index contributed by atoms with van der Waals surface area (Å²) in [5.74, 6) is 0.377. The normalized spacial score (nSPS) is 24.6. The van der Waals surface area contributed by atoms with E-state index in [-0.39, 0.29) is 5.41 Å². The molecule has 1 aliphatic rings. The molecule has 0 spiro atoms. The molecule has 3 heteroatoms. The SMILES string of the molecule is CC1CN(C)CCCN1CCC(=O)C(C)(C)C. The molecule has 0 aromatic heterocycles. The van der Waals surface area contributed by atoms with E-state index in [0.29, 0.717) is 18.2 Å². The quantitative estimate of drug-likeness (QED) is 0.754. The van der Waals surface area contributed by atoms with Crippen LogP contribution in [0.3, 0.4) is 0 Å². The van der Waals surface area contributed by atoms with Crippen LogP contribution in [0.5, 0.6) is 0 Å². The first-order chi connectivity index (χ1) is 7.80. The summed E-state index contributed by atoms with van der Waals surface area (Å²) in [5, 5.41) is 0. The van der Waals surface area contributed by atoms with Crippen molar-refractivity contribution < 1.29 is 4.79 Å². The number of hydrogen-bond donors (Lipinski definition) is 0. The molecule has 1 rings (SSSR count). The van der Waals surface area contributed by atoms with Crippen molar-refractivity contribution in [2.45, 2.75) is 46.6 Å². The third-order valence-electron chi connectivity index (χ3n) is 3.65. The van der Waals surface area contributed by atoms with Crippen LogP contribution in [0.4, 0.5) is 0 Å². The molecule has 0 bridgehead atoms. The highest BCUT2D eigenvalue weighted by atomic mass is 16.1. The summed E-state index contributed by atoms with van der Waals surface area (Å²) in [6.07, 6.45) is 1.90. The molecule has 1 heterocycles. The maximum Gasteiger partial charge on any atom is 0.139 e. The van der Waals surface area contributed by atoms with Gasteiger partial charge in [-0.15, -0.1) is 0 Å². The highest BCUT2D eigenvalue weighted by molar-refractivity contribution is 5.83. The Bertz CT molecular complexity index is 257. The van der Waals surface area contributed by atoms with E-state index in [9.17, 15) is 4.79 Å². The molecule has 0 aromatic rings. The Morgan fingerprint density at radius 3 is 2.53 bits per heavy atom. The van der Waals surface area contributed by atoms with E-state index in [4.69, 9.17) is 0 Å². The average Bonchev–Trinajstić information content (AvgIpc) is 2.34. The van der Waals surface area contributed by atoms with Crippen LogP contribution in [0.1, 0.15) is 40.5 Å². The number of nitrogens with zero attached hydrogens (tertiary/aromatic N) is 2. The summed E-state index contributed by atoms with van der Waals surface area (Å²) in [6, 6.07) is 0.565. The van der Waals surface area contributed by atoms with Crippen molar-refractivity contribution in [2.24, 2.45) is 5.41 Å². The lowest BCUT2D eigenvalue weighted by Crippen LogP contribution is -2.39. The van der Waals surface area contributed by atoms with Crippen LogP contribution in [0.15, 0.2) is 0 Å². The minimum absolute atomic E-state index is 0.189. The van der Waals surface area contributed by atoms with E-state index in [1.807, 2.05) is 20.8 Å². The first-order valence-corrected chi connectivity index (χ1v) is 6.76. The van der Waals surface area contributed by atoms with Gasteiger partial charge < -0.3 is 4.90 Å². The summed E-state index contributed by atoms with van der Waals surface area (Å²) >= 11 is 0. The summed E-state index contributed by atoms with van der Waals surface area (Å²) in [7, 11) is 2.18. The minimum atomic E-state index is -0.189. The fraction of sp³-hybridized carbons (Fsp3) is 0.929. The second-order valence-corrected chi connectivity index (χ2v) is 6.42. The topological polar surface area (TPSA) is 23.6 Å². The van der Waals surface area contributed by atoms with Gasteiger partial charge in [-0.05, 0) is 33.5 Å². The lowest BCUT2D eigenvalue weighted by Gasteiger charge is -2.28. The number of carbonyl (C=O) groups is 1. The van der Waals surface area contributed by atoms with Gasteiger partial charge >= 0.3 is 0 Å². The third-order valence-corrected chi connectivity index (χ3v) is 3.65. The zero-order valence-electron chi connectivity index (χ0n) is 12.1. The van der Waals surface area contributed by atoms with E-state index in [2.05, 4.69) is 23.8 Å². The van der Waals surface area contributed by atoms with E-state index >= 15 is 0 Å². The van der Waals surface area contributed by atoms with Gasteiger partial charge in [-0.1, -0.05) is 20.8 Å². The second-order valence-electron chi connectivity index (χ2n) is 6.42. The maximum absolute atomic E-state index is 11.9. The van der Waals surface area contributed by atoms with Crippen molar-refractivity contribution in [2.75, 3.05) is 33.2 Å². The van der Waals surface area contributed by atoms with Crippen molar-refractivity contribution in [1.29, 1.82) is 0 Å². The first kappa shape index (κ1) is 14.7. The molecular weight excluding hydrogens is 212 g/mol. The molecule has 0 saturated carbocycles. The number of ketones is 1. The van der Waals surface area contributed by atoms with Crippen molar-refractivity contribution in [3.05, 3.63) is 0 Å². The standard InChI is InChI=1S/C14H28N2O/c1-12-11-15(5)8-6-9-16(12)10-7-13(17)14(2,3)4/h12H,6-11H2,1-5H3. The molecule has 0 amide bonds. The van der Waals surface area contributed by atoms with E-state index in [1.165, 1.54) is 13.0 Å². The zero-order chi connectivity index (χ0) is 13.1. The Hall–Kier alpha value is -0.410. The van der Waals surface area contributed by atoms with Gasteiger partial charge in [-0.2, -0.15) is 0 Å². The van der Waals surface area contributed by atoms with Crippen LogP contribution in [0.25, 0.3) is 0 Å². The van der Waals surface area contributed by atoms with Gasteiger partial charge in [0.2, 0.25) is 0 Å². The van der Waals surface area contributed by atoms with Gasteiger partial charge in [0.1, 0.15) is 5.78 Å². The molecular formula is C14H28N2O. The average molecular weight is 240 g/mol. The minimum Gasteiger partial charge on any atom is -0.305 e. The lowest BCUT2D eigenvalue weighted by molar-refractivity contribution is -0.126. The molecule has 1 saturated heterocycles. The van der Waals surface area contributed by atoms with Crippen molar-refractivity contribution >= 4 is 5.78 Å². The number of carbonyl (C=O) groups excluding carboxylic acids is 1. The summed E-state index contributed by atoms with van der Waals surface area (Å²) < 4.78 is 0. The van der Waals surface area contributed by atoms with E-state index in [1.54, 1.807) is 0 Å². The predicted molar refractivity (Wildman–Crippen MR) is 72.2 cm³/mol. The molecule has 0 aromatic carbocycles. The molecule has 0 N–H and O–H groups in total. The fourth-order valence-electron chi connectivity index (χ4n) is 2.37. The molecule has 3 nitrogen and oxygen atoms in total. The molecule has 0 aliphatic carbocycles. The lowest BCUT2D eigenvalue weighted by atomic mass is 9.89. The van der Waals surface area contributed by atoms with Crippen LogP contribution in [0, 0.1) is 5.41 Å². The molecule has 1 aliphatic heterocycles. The second kappa shape index (κ2) is 5.96. The van der Waals surface area contributed by atoms with Crippen molar-refractivity contribution in [1.82, 2.24) is 9.80 Å². The molecule has 1 fully saturated rings. The molecule has 17 heavy (non-hydrogen) atoms. The van der Waals surface area contributed by atoms with Crippen LogP contribution < -0.4 is 0 Å². The third kappa shape index (κ3) is 4.76. The Morgan fingerprint density at radius 1 is 1.29 bits per heavy atom. The number of hydrogen-bond acceptors (Lipinski definition) is 3. The van der Waals surface area contributed by atoms with Crippen LogP contribution >= 0.6 is 0 Å². The van der Waals surface area contributed by atoms with Crippen LogP contribution in [-0.4, -0.2) is 54.9 Å².